The summed E-state index contributed by atoms with van der Waals surface area (Å²) in [6.45, 7) is 5.51. The molecule has 0 aliphatic carbocycles. The van der Waals surface area contributed by atoms with Gasteiger partial charge in [0.05, 0.1) is 24.4 Å². The predicted molar refractivity (Wildman–Crippen MR) is 135 cm³/mol. The van der Waals surface area contributed by atoms with Crippen LogP contribution in [0.25, 0.3) is 11.0 Å². The molecule has 4 heterocycles. The molecule has 0 radical (unpaired) electrons. The summed E-state index contributed by atoms with van der Waals surface area (Å²) < 4.78 is 10.9. The van der Waals surface area contributed by atoms with Gasteiger partial charge in [0.25, 0.3) is 0 Å². The summed E-state index contributed by atoms with van der Waals surface area (Å²) in [7, 11) is 1.67. The SMILES string of the molecule is COc1ccc2onc(N3CCN([C@@H]4CN[C@H](C(=O)N5CCSC5)C4)CC3)c2c1.Cl.Cl.Cl. The second-order valence-corrected chi connectivity index (χ2v) is 8.96. The molecular weight excluding hydrogens is 497 g/mol. The Hall–Kier alpha value is -1.10. The molecule has 12 heteroatoms. The largest absolute Gasteiger partial charge is 0.497 e. The third kappa shape index (κ3) is 5.34. The standard InChI is InChI=1S/C20H27N5O3S.3ClH/c1-27-15-2-3-18-16(11-15)19(22-28-18)24-6-4-23(5-7-24)14-10-17(21-12-14)20(26)25-8-9-29-13-25;;;/h2-3,11,14,17,21H,4-10,12-13H2,1H3;3*1H/t14-,17-;;;/m0.../s1. The molecule has 3 fully saturated rings. The number of ether oxygens (including phenoxy) is 1. The molecule has 2 aromatic rings. The van der Waals surface area contributed by atoms with Crippen LogP contribution >= 0.6 is 49.0 Å². The minimum absolute atomic E-state index is 0. The lowest BCUT2D eigenvalue weighted by atomic mass is 10.1. The van der Waals surface area contributed by atoms with Gasteiger partial charge in [0, 0.05) is 51.1 Å². The van der Waals surface area contributed by atoms with Gasteiger partial charge in [-0.05, 0) is 24.6 Å². The number of carbonyl (C=O) groups is 1. The lowest BCUT2D eigenvalue weighted by Crippen LogP contribution is -2.51. The number of aromatic nitrogens is 1. The number of nitrogens with zero attached hydrogens (tertiary/aromatic N) is 4. The molecule has 180 valence electrons. The van der Waals surface area contributed by atoms with E-state index < -0.39 is 0 Å². The molecule has 8 nitrogen and oxygen atoms in total. The Morgan fingerprint density at radius 3 is 2.66 bits per heavy atom. The number of methoxy groups -OCH3 is 1. The van der Waals surface area contributed by atoms with Gasteiger partial charge in [-0.1, -0.05) is 5.16 Å². The number of rotatable bonds is 4. The summed E-state index contributed by atoms with van der Waals surface area (Å²) >= 11 is 1.84. The molecule has 0 unspecified atom stereocenters. The van der Waals surface area contributed by atoms with E-state index in [0.717, 1.165) is 79.9 Å². The fourth-order valence-electron chi connectivity index (χ4n) is 4.55. The lowest BCUT2D eigenvalue weighted by molar-refractivity contribution is -0.131. The monoisotopic (exact) mass is 525 g/mol. The zero-order valence-corrected chi connectivity index (χ0v) is 21.2. The Labute approximate surface area is 210 Å². The van der Waals surface area contributed by atoms with E-state index in [1.165, 1.54) is 0 Å². The van der Waals surface area contributed by atoms with E-state index in [0.29, 0.717) is 6.04 Å². The highest BCUT2D eigenvalue weighted by atomic mass is 35.5. The molecule has 3 aliphatic rings. The van der Waals surface area contributed by atoms with E-state index in [2.05, 4.69) is 20.3 Å². The number of hydrogen-bond donors (Lipinski definition) is 1. The Balaban J connectivity index is 0.00000121. The molecule has 1 amide bonds. The zero-order chi connectivity index (χ0) is 19.8. The minimum atomic E-state index is -0.0244. The van der Waals surface area contributed by atoms with Crippen LogP contribution in [0.5, 0.6) is 5.75 Å². The van der Waals surface area contributed by atoms with Gasteiger partial charge in [-0.15, -0.1) is 49.0 Å². The Bertz CT molecular complexity index is 890. The quantitative estimate of drug-likeness (QED) is 0.651. The summed E-state index contributed by atoms with van der Waals surface area (Å²) in [5.41, 5.74) is 0.782. The number of halogens is 3. The molecule has 3 saturated heterocycles. The molecular formula is C20H30Cl3N5O3S. The average molecular weight is 527 g/mol. The van der Waals surface area contributed by atoms with Crippen LogP contribution < -0.4 is 15.0 Å². The highest BCUT2D eigenvalue weighted by molar-refractivity contribution is 7.99. The van der Waals surface area contributed by atoms with Gasteiger partial charge in [0.1, 0.15) is 5.75 Å². The van der Waals surface area contributed by atoms with E-state index in [4.69, 9.17) is 9.26 Å². The number of benzene rings is 1. The van der Waals surface area contributed by atoms with Gasteiger partial charge >= 0.3 is 0 Å². The van der Waals surface area contributed by atoms with Crippen molar-refractivity contribution in [3.8, 4) is 5.75 Å². The van der Waals surface area contributed by atoms with Crippen LogP contribution in [-0.2, 0) is 4.79 Å². The van der Waals surface area contributed by atoms with E-state index in [1.807, 2.05) is 34.9 Å². The van der Waals surface area contributed by atoms with Crippen molar-refractivity contribution < 1.29 is 14.1 Å². The molecule has 5 rings (SSSR count). The summed E-state index contributed by atoms with van der Waals surface area (Å²) in [6.07, 6.45) is 0.907. The Kier molecular flexibility index (Phi) is 10.1. The zero-order valence-electron chi connectivity index (χ0n) is 17.9. The van der Waals surface area contributed by atoms with E-state index >= 15 is 0 Å². The maximum atomic E-state index is 12.7. The average Bonchev–Trinajstić information content (AvgIpc) is 3.53. The fourth-order valence-corrected chi connectivity index (χ4v) is 5.51. The second-order valence-electron chi connectivity index (χ2n) is 7.88. The van der Waals surface area contributed by atoms with E-state index in [1.54, 1.807) is 7.11 Å². The van der Waals surface area contributed by atoms with Crippen molar-refractivity contribution in [2.24, 2.45) is 0 Å². The minimum Gasteiger partial charge on any atom is -0.497 e. The van der Waals surface area contributed by atoms with Gasteiger partial charge in [0.15, 0.2) is 11.4 Å². The first-order valence-electron chi connectivity index (χ1n) is 10.3. The van der Waals surface area contributed by atoms with E-state index in [-0.39, 0.29) is 49.2 Å². The van der Waals surface area contributed by atoms with Gasteiger partial charge in [-0.2, -0.15) is 0 Å². The second kappa shape index (κ2) is 11.9. The van der Waals surface area contributed by atoms with Crippen LogP contribution in [0, 0.1) is 0 Å². The summed E-state index contributed by atoms with van der Waals surface area (Å²) in [5, 5.41) is 8.76. The molecule has 0 saturated carbocycles. The smallest absolute Gasteiger partial charge is 0.240 e. The van der Waals surface area contributed by atoms with Crippen molar-refractivity contribution in [3.63, 3.8) is 0 Å². The Morgan fingerprint density at radius 1 is 1.19 bits per heavy atom. The molecule has 1 N–H and O–H groups in total. The predicted octanol–water partition coefficient (Wildman–Crippen LogP) is 2.49. The molecule has 32 heavy (non-hydrogen) atoms. The molecule has 0 bridgehead atoms. The summed E-state index contributed by atoms with van der Waals surface area (Å²) in [5.74, 6) is 3.88. The summed E-state index contributed by atoms with van der Waals surface area (Å²) in [4.78, 5) is 19.4. The first kappa shape index (κ1) is 27.1. The number of nitrogens with one attached hydrogen (secondary N) is 1. The van der Waals surface area contributed by atoms with E-state index in [9.17, 15) is 4.79 Å². The summed E-state index contributed by atoms with van der Waals surface area (Å²) in [6, 6.07) is 6.18. The molecule has 1 aromatic heterocycles. The Morgan fingerprint density at radius 2 is 1.97 bits per heavy atom. The number of anilines is 1. The third-order valence-corrected chi connectivity index (χ3v) is 7.22. The van der Waals surface area contributed by atoms with Crippen LogP contribution in [0.3, 0.4) is 0 Å². The molecule has 2 atom stereocenters. The lowest BCUT2D eigenvalue weighted by Gasteiger charge is -2.37. The van der Waals surface area contributed by atoms with Crippen LogP contribution in [-0.4, -0.2) is 91.0 Å². The van der Waals surface area contributed by atoms with Crippen molar-refractivity contribution in [1.29, 1.82) is 0 Å². The van der Waals surface area contributed by atoms with Crippen molar-refractivity contribution in [3.05, 3.63) is 18.2 Å². The van der Waals surface area contributed by atoms with Crippen molar-refractivity contribution in [1.82, 2.24) is 20.3 Å². The molecule has 3 aliphatic heterocycles. The van der Waals surface area contributed by atoms with Gasteiger partial charge in [-0.3, -0.25) is 9.69 Å². The number of thioether (sulfide) groups is 1. The van der Waals surface area contributed by atoms with Crippen molar-refractivity contribution in [2.45, 2.75) is 18.5 Å². The van der Waals surface area contributed by atoms with Crippen molar-refractivity contribution >= 4 is 71.7 Å². The number of hydrogen-bond acceptors (Lipinski definition) is 8. The maximum Gasteiger partial charge on any atom is 0.240 e. The van der Waals surface area contributed by atoms with Crippen LogP contribution in [0.2, 0.25) is 0 Å². The number of carbonyl (C=O) groups excluding carboxylic acids is 1. The van der Waals surface area contributed by atoms with Crippen LogP contribution in [0.4, 0.5) is 5.82 Å². The topological polar surface area (TPSA) is 74.1 Å². The highest BCUT2D eigenvalue weighted by Gasteiger charge is 2.37. The first-order chi connectivity index (χ1) is 14.2. The third-order valence-electron chi connectivity index (χ3n) is 6.26. The number of amides is 1. The normalized spacial score (nSPS) is 23.4. The first-order valence-corrected chi connectivity index (χ1v) is 11.4. The van der Waals surface area contributed by atoms with Gasteiger partial charge in [-0.25, -0.2) is 0 Å². The van der Waals surface area contributed by atoms with Gasteiger partial charge in [0.2, 0.25) is 5.91 Å². The fraction of sp³-hybridized carbons (Fsp3) is 0.600. The number of piperazine rings is 1. The number of fused-ring (bicyclic) bond motifs is 1. The molecule has 0 spiro atoms. The van der Waals surface area contributed by atoms with Crippen LogP contribution in [0.15, 0.2) is 22.7 Å². The van der Waals surface area contributed by atoms with Crippen LogP contribution in [0.1, 0.15) is 6.42 Å². The highest BCUT2D eigenvalue weighted by Crippen LogP contribution is 2.30. The van der Waals surface area contributed by atoms with Crippen molar-refractivity contribution in [2.75, 3.05) is 62.9 Å². The maximum absolute atomic E-state index is 12.7. The van der Waals surface area contributed by atoms with Gasteiger partial charge < -0.3 is 24.4 Å². The molecule has 1 aromatic carbocycles.